The summed E-state index contributed by atoms with van der Waals surface area (Å²) in [5, 5.41) is 2.76. The molecule has 1 atom stereocenters. The predicted octanol–water partition coefficient (Wildman–Crippen LogP) is -0.588. The van der Waals surface area contributed by atoms with Gasteiger partial charge in [-0.1, -0.05) is 19.3 Å². The summed E-state index contributed by atoms with van der Waals surface area (Å²) in [5.74, 6) is -3.14. The van der Waals surface area contributed by atoms with Gasteiger partial charge in [-0.3, -0.25) is 14.4 Å². The molecule has 0 aliphatic heterocycles. The minimum atomic E-state index is -1.14. The lowest BCUT2D eigenvalue weighted by Gasteiger charge is -2.24. The van der Waals surface area contributed by atoms with Gasteiger partial charge >= 0.3 is 0 Å². The zero-order valence-electron chi connectivity index (χ0n) is 9.78. The van der Waals surface area contributed by atoms with Gasteiger partial charge < -0.3 is 16.8 Å². The third kappa shape index (κ3) is 4.42. The Morgan fingerprint density at radius 1 is 1.12 bits per heavy atom. The van der Waals surface area contributed by atoms with E-state index < -0.39 is 23.6 Å². The summed E-state index contributed by atoms with van der Waals surface area (Å²) >= 11 is 0. The van der Waals surface area contributed by atoms with Gasteiger partial charge in [-0.05, 0) is 12.8 Å². The van der Waals surface area contributed by atoms with E-state index in [1.54, 1.807) is 0 Å². The van der Waals surface area contributed by atoms with Crippen LogP contribution < -0.4 is 16.8 Å². The molecule has 1 aliphatic rings. The maximum Gasteiger partial charge on any atom is 0.233 e. The molecule has 5 N–H and O–H groups in total. The largest absolute Gasteiger partial charge is 0.370 e. The summed E-state index contributed by atoms with van der Waals surface area (Å²) in [4.78, 5) is 33.6. The van der Waals surface area contributed by atoms with Crippen molar-refractivity contribution in [3.05, 3.63) is 0 Å². The molecule has 1 fully saturated rings. The van der Waals surface area contributed by atoms with Crippen LogP contribution in [-0.2, 0) is 14.4 Å². The van der Waals surface area contributed by atoms with Crippen LogP contribution in [0.1, 0.15) is 38.5 Å². The Kier molecular flexibility index (Phi) is 4.93. The number of rotatable bonds is 5. The topological polar surface area (TPSA) is 115 Å². The number of nitrogens with two attached hydrogens (primary N) is 2. The lowest BCUT2D eigenvalue weighted by molar-refractivity contribution is -0.137. The minimum Gasteiger partial charge on any atom is -0.370 e. The molecule has 0 aromatic rings. The van der Waals surface area contributed by atoms with Crippen LogP contribution >= 0.6 is 0 Å². The zero-order chi connectivity index (χ0) is 12.8. The van der Waals surface area contributed by atoms with Crippen LogP contribution in [0.3, 0.4) is 0 Å². The fourth-order valence-electron chi connectivity index (χ4n) is 2.07. The van der Waals surface area contributed by atoms with Crippen LogP contribution in [0.15, 0.2) is 0 Å². The zero-order valence-corrected chi connectivity index (χ0v) is 9.78. The molecule has 6 heteroatoms. The smallest absolute Gasteiger partial charge is 0.233 e. The van der Waals surface area contributed by atoms with Crippen LogP contribution in [0.25, 0.3) is 0 Å². The average molecular weight is 241 g/mol. The highest BCUT2D eigenvalue weighted by atomic mass is 16.2. The number of primary amides is 2. The Balaban J connectivity index is 2.52. The summed E-state index contributed by atoms with van der Waals surface area (Å²) in [7, 11) is 0. The van der Waals surface area contributed by atoms with Crippen molar-refractivity contribution >= 4 is 17.7 Å². The SMILES string of the molecule is NC(=O)C[C@@H](C(N)=O)C(=O)NC1CCCCC1. The third-order valence-electron chi connectivity index (χ3n) is 3.02. The van der Waals surface area contributed by atoms with Gasteiger partial charge in [-0.2, -0.15) is 0 Å². The quantitative estimate of drug-likeness (QED) is 0.559. The van der Waals surface area contributed by atoms with E-state index in [0.717, 1.165) is 25.7 Å². The average Bonchev–Trinajstić information content (AvgIpc) is 2.26. The monoisotopic (exact) mass is 241 g/mol. The van der Waals surface area contributed by atoms with Crippen molar-refractivity contribution < 1.29 is 14.4 Å². The number of amides is 3. The summed E-state index contributed by atoms with van der Waals surface area (Å²) in [6.45, 7) is 0. The van der Waals surface area contributed by atoms with Gasteiger partial charge in [0.2, 0.25) is 17.7 Å². The maximum atomic E-state index is 11.8. The van der Waals surface area contributed by atoms with Crippen molar-refractivity contribution in [3.8, 4) is 0 Å². The van der Waals surface area contributed by atoms with Gasteiger partial charge in [0.25, 0.3) is 0 Å². The Labute approximate surface area is 100 Å². The third-order valence-corrected chi connectivity index (χ3v) is 3.02. The van der Waals surface area contributed by atoms with E-state index in [1.165, 1.54) is 6.42 Å². The maximum absolute atomic E-state index is 11.8. The van der Waals surface area contributed by atoms with E-state index >= 15 is 0 Å². The van der Waals surface area contributed by atoms with Crippen molar-refractivity contribution in [2.24, 2.45) is 17.4 Å². The van der Waals surface area contributed by atoms with Crippen molar-refractivity contribution in [3.63, 3.8) is 0 Å². The lowest BCUT2D eigenvalue weighted by Crippen LogP contribution is -2.45. The number of nitrogens with one attached hydrogen (secondary N) is 1. The molecule has 0 aromatic heterocycles. The van der Waals surface area contributed by atoms with Gasteiger partial charge in [-0.15, -0.1) is 0 Å². The molecule has 17 heavy (non-hydrogen) atoms. The molecule has 0 spiro atoms. The molecule has 3 amide bonds. The van der Waals surface area contributed by atoms with Crippen molar-refractivity contribution in [2.45, 2.75) is 44.6 Å². The second-order valence-corrected chi connectivity index (χ2v) is 4.47. The summed E-state index contributed by atoms with van der Waals surface area (Å²) in [6.07, 6.45) is 4.81. The summed E-state index contributed by atoms with van der Waals surface area (Å²) in [5.41, 5.74) is 10.1. The Hall–Kier alpha value is -1.59. The van der Waals surface area contributed by atoms with E-state index in [4.69, 9.17) is 11.5 Å². The second kappa shape index (κ2) is 6.22. The van der Waals surface area contributed by atoms with E-state index in [2.05, 4.69) is 5.32 Å². The molecule has 0 radical (unpaired) electrons. The number of hydrogen-bond acceptors (Lipinski definition) is 3. The molecule has 1 rings (SSSR count). The first-order valence-corrected chi connectivity index (χ1v) is 5.88. The second-order valence-electron chi connectivity index (χ2n) is 4.47. The first-order chi connectivity index (χ1) is 8.00. The minimum absolute atomic E-state index is 0.0889. The molecule has 1 saturated carbocycles. The standard InChI is InChI=1S/C11H19N3O3/c12-9(15)6-8(10(13)16)11(17)14-7-4-2-1-3-5-7/h7-8H,1-6H2,(H2,12,15)(H2,13,16)(H,14,17)/t8-/m0/s1. The molecule has 0 saturated heterocycles. The van der Waals surface area contributed by atoms with Crippen molar-refractivity contribution in [2.75, 3.05) is 0 Å². The molecule has 0 aromatic carbocycles. The van der Waals surface area contributed by atoms with Crippen LogP contribution in [0.2, 0.25) is 0 Å². The van der Waals surface area contributed by atoms with Crippen LogP contribution in [0.4, 0.5) is 0 Å². The summed E-state index contributed by atoms with van der Waals surface area (Å²) in [6, 6.07) is 0.0889. The molecule has 96 valence electrons. The van der Waals surface area contributed by atoms with E-state index in [9.17, 15) is 14.4 Å². The molecule has 0 bridgehead atoms. The van der Waals surface area contributed by atoms with Gasteiger partial charge in [0.1, 0.15) is 5.92 Å². The molecular formula is C11H19N3O3. The van der Waals surface area contributed by atoms with Crippen molar-refractivity contribution in [1.82, 2.24) is 5.32 Å². The van der Waals surface area contributed by atoms with Crippen LogP contribution in [0.5, 0.6) is 0 Å². The van der Waals surface area contributed by atoms with Gasteiger partial charge in [0.15, 0.2) is 0 Å². The molecule has 6 nitrogen and oxygen atoms in total. The van der Waals surface area contributed by atoms with E-state index in [0.29, 0.717) is 0 Å². The number of carbonyl (C=O) groups excluding carboxylic acids is 3. The molecule has 0 unspecified atom stereocenters. The van der Waals surface area contributed by atoms with Crippen LogP contribution in [0, 0.1) is 5.92 Å². The Morgan fingerprint density at radius 2 is 1.71 bits per heavy atom. The van der Waals surface area contributed by atoms with Crippen molar-refractivity contribution in [1.29, 1.82) is 0 Å². The number of carbonyl (C=O) groups is 3. The predicted molar refractivity (Wildman–Crippen MR) is 61.5 cm³/mol. The normalized spacial score (nSPS) is 18.4. The Morgan fingerprint density at radius 3 is 2.18 bits per heavy atom. The highest BCUT2D eigenvalue weighted by Crippen LogP contribution is 2.18. The molecule has 1 aliphatic carbocycles. The molecule has 0 heterocycles. The van der Waals surface area contributed by atoms with Gasteiger partial charge in [-0.25, -0.2) is 0 Å². The fraction of sp³-hybridized carbons (Fsp3) is 0.727. The highest BCUT2D eigenvalue weighted by molar-refractivity contribution is 6.02. The van der Waals surface area contributed by atoms with Crippen LogP contribution in [-0.4, -0.2) is 23.8 Å². The van der Waals surface area contributed by atoms with Gasteiger partial charge in [0, 0.05) is 12.5 Å². The Bertz CT molecular complexity index is 311. The molecular weight excluding hydrogens is 222 g/mol. The van der Waals surface area contributed by atoms with E-state index in [1.807, 2.05) is 0 Å². The lowest BCUT2D eigenvalue weighted by atomic mass is 9.94. The van der Waals surface area contributed by atoms with Gasteiger partial charge in [0.05, 0.1) is 0 Å². The summed E-state index contributed by atoms with van der Waals surface area (Å²) < 4.78 is 0. The highest BCUT2D eigenvalue weighted by Gasteiger charge is 2.28. The first kappa shape index (κ1) is 13.5. The first-order valence-electron chi connectivity index (χ1n) is 5.88. The van der Waals surface area contributed by atoms with E-state index in [-0.39, 0.29) is 12.5 Å². The fourth-order valence-corrected chi connectivity index (χ4v) is 2.07. The number of hydrogen-bond donors (Lipinski definition) is 3.